The van der Waals surface area contributed by atoms with Gasteiger partial charge in [0.25, 0.3) is 5.91 Å². The Labute approximate surface area is 154 Å². The van der Waals surface area contributed by atoms with E-state index in [2.05, 4.69) is 5.32 Å². The van der Waals surface area contributed by atoms with Crippen molar-refractivity contribution < 1.29 is 19.1 Å². The first-order chi connectivity index (χ1) is 12.3. The van der Waals surface area contributed by atoms with Crippen LogP contribution in [0.1, 0.15) is 50.2 Å². The lowest BCUT2D eigenvalue weighted by atomic mass is 9.67. The molecular formula is C21H27NO4. The van der Waals surface area contributed by atoms with Crippen LogP contribution in [0.4, 0.5) is 5.69 Å². The van der Waals surface area contributed by atoms with Gasteiger partial charge in [-0.2, -0.15) is 0 Å². The Morgan fingerprint density at radius 2 is 1.81 bits per heavy atom. The molecule has 0 spiro atoms. The number of benzene rings is 1. The highest BCUT2D eigenvalue weighted by atomic mass is 16.5. The van der Waals surface area contributed by atoms with Crippen LogP contribution in [0.15, 0.2) is 18.2 Å². The molecule has 2 aliphatic rings. The summed E-state index contributed by atoms with van der Waals surface area (Å²) in [5.74, 6) is -0.630. The van der Waals surface area contributed by atoms with Crippen molar-refractivity contribution in [3.8, 4) is 0 Å². The van der Waals surface area contributed by atoms with Crippen LogP contribution in [0, 0.1) is 31.6 Å². The molecule has 0 heterocycles. The average Bonchev–Trinajstić information content (AvgIpc) is 2.56. The third-order valence-electron chi connectivity index (χ3n) is 5.68. The Morgan fingerprint density at radius 1 is 1.15 bits per heavy atom. The van der Waals surface area contributed by atoms with Crippen LogP contribution in [-0.2, 0) is 19.1 Å². The number of ether oxygens (including phenoxy) is 1. The molecule has 26 heavy (non-hydrogen) atoms. The second-order valence-electron chi connectivity index (χ2n) is 7.78. The van der Waals surface area contributed by atoms with E-state index in [1.807, 2.05) is 32.0 Å². The zero-order chi connectivity index (χ0) is 18.8. The van der Waals surface area contributed by atoms with Gasteiger partial charge in [0.15, 0.2) is 6.10 Å². The Balaban J connectivity index is 1.57. The average molecular weight is 357 g/mol. The van der Waals surface area contributed by atoms with Crippen LogP contribution in [0.2, 0.25) is 0 Å². The van der Waals surface area contributed by atoms with Gasteiger partial charge in [-0.1, -0.05) is 24.1 Å². The van der Waals surface area contributed by atoms with E-state index >= 15 is 0 Å². The van der Waals surface area contributed by atoms with Crippen molar-refractivity contribution in [2.75, 3.05) is 5.32 Å². The summed E-state index contributed by atoms with van der Waals surface area (Å²) in [6.07, 6.45) is 3.10. The fourth-order valence-electron chi connectivity index (χ4n) is 4.18. The largest absolute Gasteiger partial charge is 0.452 e. The number of rotatable bonds is 4. The second-order valence-corrected chi connectivity index (χ2v) is 7.78. The number of hydrogen-bond acceptors (Lipinski definition) is 4. The van der Waals surface area contributed by atoms with Gasteiger partial charge >= 0.3 is 5.97 Å². The van der Waals surface area contributed by atoms with Crippen LogP contribution >= 0.6 is 0 Å². The van der Waals surface area contributed by atoms with Gasteiger partial charge in [0.1, 0.15) is 5.78 Å². The number of aryl methyl sites for hydroxylation is 2. The molecule has 140 valence electrons. The molecule has 2 aliphatic carbocycles. The van der Waals surface area contributed by atoms with E-state index in [1.54, 1.807) is 6.92 Å². The predicted molar refractivity (Wildman–Crippen MR) is 98.7 cm³/mol. The van der Waals surface area contributed by atoms with Crippen molar-refractivity contribution >= 4 is 23.3 Å². The highest BCUT2D eigenvalue weighted by molar-refractivity contribution is 5.96. The summed E-state index contributed by atoms with van der Waals surface area (Å²) in [5, 5.41) is 2.82. The van der Waals surface area contributed by atoms with E-state index in [9.17, 15) is 14.4 Å². The summed E-state index contributed by atoms with van der Waals surface area (Å²) >= 11 is 0. The molecule has 0 saturated heterocycles. The van der Waals surface area contributed by atoms with Gasteiger partial charge in [0.05, 0.1) is 5.92 Å². The summed E-state index contributed by atoms with van der Waals surface area (Å²) in [4.78, 5) is 37.0. The minimum Gasteiger partial charge on any atom is -0.452 e. The normalized spacial score (nSPS) is 26.1. The highest BCUT2D eigenvalue weighted by Crippen LogP contribution is 2.40. The third kappa shape index (κ3) is 3.97. The van der Waals surface area contributed by atoms with Crippen molar-refractivity contribution in [1.29, 1.82) is 0 Å². The summed E-state index contributed by atoms with van der Waals surface area (Å²) < 4.78 is 5.43. The Bertz CT molecular complexity index is 711. The van der Waals surface area contributed by atoms with Crippen molar-refractivity contribution in [3.05, 3.63) is 29.3 Å². The van der Waals surface area contributed by atoms with E-state index < -0.39 is 6.10 Å². The standard InChI is InChI=1S/C21H27NO4/c1-12-7-8-18(13(2)9-12)22-20(24)14(3)26-21(25)17-10-15-5-4-6-16(11-17)19(15)23/h7-9,14-17H,4-6,10-11H2,1-3H3,(H,22,24)/t14-,15-,16+,17?/m0/s1. The molecule has 0 aliphatic heterocycles. The van der Waals surface area contributed by atoms with Gasteiger partial charge < -0.3 is 10.1 Å². The zero-order valence-corrected chi connectivity index (χ0v) is 15.7. The molecule has 4 atom stereocenters. The summed E-state index contributed by atoms with van der Waals surface area (Å²) in [6, 6.07) is 5.77. The molecule has 3 rings (SSSR count). The van der Waals surface area contributed by atoms with Crippen LogP contribution < -0.4 is 5.32 Å². The van der Waals surface area contributed by atoms with Gasteiger partial charge in [-0.05, 0) is 58.1 Å². The Hall–Kier alpha value is -2.17. The Morgan fingerprint density at radius 3 is 2.42 bits per heavy atom. The summed E-state index contributed by atoms with van der Waals surface area (Å²) in [7, 11) is 0. The minimum absolute atomic E-state index is 0.000564. The third-order valence-corrected chi connectivity index (χ3v) is 5.68. The van der Waals surface area contributed by atoms with Gasteiger partial charge in [0, 0.05) is 17.5 Å². The lowest BCUT2D eigenvalue weighted by Gasteiger charge is -2.36. The molecule has 0 aromatic heterocycles. The van der Waals surface area contributed by atoms with Gasteiger partial charge in [-0.25, -0.2) is 0 Å². The quantitative estimate of drug-likeness (QED) is 0.836. The van der Waals surface area contributed by atoms with Crippen LogP contribution in [0.25, 0.3) is 0 Å². The van der Waals surface area contributed by atoms with Crippen molar-refractivity contribution in [1.82, 2.24) is 0 Å². The number of ketones is 1. The monoisotopic (exact) mass is 357 g/mol. The molecule has 1 aromatic rings. The number of carbonyl (C=O) groups is 3. The minimum atomic E-state index is -0.860. The van der Waals surface area contributed by atoms with Crippen LogP contribution in [-0.4, -0.2) is 23.8 Å². The van der Waals surface area contributed by atoms with E-state index in [0.717, 1.165) is 36.1 Å². The van der Waals surface area contributed by atoms with Gasteiger partial charge in [-0.3, -0.25) is 14.4 Å². The topological polar surface area (TPSA) is 72.5 Å². The molecule has 1 amide bonds. The van der Waals surface area contributed by atoms with E-state index in [0.29, 0.717) is 18.6 Å². The molecule has 2 saturated carbocycles. The summed E-state index contributed by atoms with van der Waals surface area (Å²) in [6.45, 7) is 5.51. The molecule has 5 nitrogen and oxygen atoms in total. The maximum Gasteiger partial charge on any atom is 0.309 e. The molecule has 5 heteroatoms. The van der Waals surface area contributed by atoms with Crippen molar-refractivity contribution in [2.45, 2.75) is 59.0 Å². The first kappa shape index (κ1) is 18.6. The zero-order valence-electron chi connectivity index (χ0n) is 15.7. The van der Waals surface area contributed by atoms with E-state index in [-0.39, 0.29) is 29.6 Å². The molecule has 1 unspecified atom stereocenters. The fourth-order valence-corrected chi connectivity index (χ4v) is 4.18. The van der Waals surface area contributed by atoms with Crippen LogP contribution in [0.5, 0.6) is 0 Å². The molecule has 2 fully saturated rings. The summed E-state index contributed by atoms with van der Waals surface area (Å²) in [5.41, 5.74) is 2.81. The smallest absolute Gasteiger partial charge is 0.309 e. The van der Waals surface area contributed by atoms with E-state index in [1.165, 1.54) is 0 Å². The number of esters is 1. The number of nitrogens with one attached hydrogen (secondary N) is 1. The number of hydrogen-bond donors (Lipinski definition) is 1. The number of anilines is 1. The number of fused-ring (bicyclic) bond motifs is 2. The first-order valence-corrected chi connectivity index (χ1v) is 9.47. The molecule has 0 radical (unpaired) electrons. The lowest BCUT2D eigenvalue weighted by Crippen LogP contribution is -2.41. The molecule has 1 N–H and O–H groups in total. The highest BCUT2D eigenvalue weighted by Gasteiger charge is 2.42. The molecular weight excluding hydrogens is 330 g/mol. The second kappa shape index (κ2) is 7.60. The molecule has 1 aromatic carbocycles. The predicted octanol–water partition coefficient (Wildman–Crippen LogP) is 3.57. The fraction of sp³-hybridized carbons (Fsp3) is 0.571. The SMILES string of the molecule is Cc1ccc(NC(=O)[C@H](C)OC(=O)C2C[C@H]3CCC[C@@H](C2)C3=O)c(C)c1. The van der Waals surface area contributed by atoms with Gasteiger partial charge in [-0.15, -0.1) is 0 Å². The van der Waals surface area contributed by atoms with Crippen molar-refractivity contribution in [2.24, 2.45) is 17.8 Å². The number of amides is 1. The lowest BCUT2D eigenvalue weighted by molar-refractivity contribution is -0.161. The number of carbonyl (C=O) groups excluding carboxylic acids is 3. The first-order valence-electron chi connectivity index (χ1n) is 9.47. The molecule has 2 bridgehead atoms. The van der Waals surface area contributed by atoms with Crippen molar-refractivity contribution in [3.63, 3.8) is 0 Å². The number of Topliss-reactive ketones (excluding diaryl/α,β-unsaturated/α-hetero) is 1. The van der Waals surface area contributed by atoms with Gasteiger partial charge in [0.2, 0.25) is 0 Å². The Kier molecular flexibility index (Phi) is 5.44. The van der Waals surface area contributed by atoms with E-state index in [4.69, 9.17) is 4.74 Å². The van der Waals surface area contributed by atoms with Crippen LogP contribution in [0.3, 0.4) is 0 Å². The maximum absolute atomic E-state index is 12.5. The maximum atomic E-state index is 12.5.